The molecule has 0 amide bonds. The maximum absolute atomic E-state index is 4.79. The van der Waals surface area contributed by atoms with Gasteiger partial charge >= 0.3 is 0 Å². The van der Waals surface area contributed by atoms with Crippen LogP contribution in [-0.2, 0) is 0 Å². The van der Waals surface area contributed by atoms with E-state index in [1.807, 2.05) is 41.8 Å². The van der Waals surface area contributed by atoms with Crippen LogP contribution >= 0.6 is 11.8 Å². The van der Waals surface area contributed by atoms with Crippen LogP contribution in [-0.4, -0.2) is 62.8 Å². The van der Waals surface area contributed by atoms with Crippen molar-refractivity contribution in [1.29, 1.82) is 0 Å². The van der Waals surface area contributed by atoms with Crippen molar-refractivity contribution in [2.45, 2.75) is 19.1 Å². The Kier molecular flexibility index (Phi) is 4.18. The van der Waals surface area contributed by atoms with Gasteiger partial charge < -0.3 is 9.80 Å². The van der Waals surface area contributed by atoms with E-state index in [0.717, 1.165) is 49.9 Å². The van der Waals surface area contributed by atoms with E-state index in [2.05, 4.69) is 38.9 Å². The molecule has 2 aromatic heterocycles. The fourth-order valence-corrected chi connectivity index (χ4v) is 4.01. The number of aryl methyl sites for hydroxylation is 1. The number of amidine groups is 1. The number of hydrogen-bond donors (Lipinski definition) is 0. The first-order valence-corrected chi connectivity index (χ1v) is 9.27. The predicted molar refractivity (Wildman–Crippen MR) is 99.2 cm³/mol. The maximum atomic E-state index is 4.79. The summed E-state index contributed by atoms with van der Waals surface area (Å²) in [5, 5.41) is 6.19. The van der Waals surface area contributed by atoms with Gasteiger partial charge in [0.2, 0.25) is 0 Å². The van der Waals surface area contributed by atoms with Crippen LogP contribution in [0.5, 0.6) is 0 Å². The lowest BCUT2D eigenvalue weighted by Gasteiger charge is -2.36. The van der Waals surface area contributed by atoms with Crippen molar-refractivity contribution in [1.82, 2.24) is 19.7 Å². The van der Waals surface area contributed by atoms with E-state index in [9.17, 15) is 0 Å². The molecule has 1 saturated heterocycles. The molecule has 4 heterocycles. The van der Waals surface area contributed by atoms with Crippen molar-refractivity contribution < 1.29 is 0 Å². The Hall–Kier alpha value is -2.02. The molecule has 24 heavy (non-hydrogen) atoms. The summed E-state index contributed by atoms with van der Waals surface area (Å²) in [5.74, 6) is 1.89. The number of pyridine rings is 1. The largest absolute Gasteiger partial charge is 0.353 e. The fourth-order valence-electron chi connectivity index (χ4n) is 3.02. The third kappa shape index (κ3) is 3.13. The summed E-state index contributed by atoms with van der Waals surface area (Å²) < 4.78 is 1.83. The third-order valence-electron chi connectivity index (χ3n) is 4.33. The van der Waals surface area contributed by atoms with Crippen LogP contribution < -0.4 is 4.90 Å². The second-order valence-corrected chi connectivity index (χ2v) is 7.75. The van der Waals surface area contributed by atoms with Gasteiger partial charge in [-0.15, -0.1) is 0 Å². The minimum absolute atomic E-state index is 0.619. The van der Waals surface area contributed by atoms with Crippen LogP contribution in [0, 0.1) is 6.92 Å². The summed E-state index contributed by atoms with van der Waals surface area (Å²) in [7, 11) is 0. The molecule has 0 aliphatic carbocycles. The first-order valence-electron chi connectivity index (χ1n) is 8.39. The minimum Gasteiger partial charge on any atom is -0.353 e. The number of nitrogens with zero attached hydrogens (tertiary/aromatic N) is 6. The molecule has 0 N–H and O–H groups in total. The smallest absolute Gasteiger partial charge is 0.159 e. The highest BCUT2D eigenvalue weighted by Crippen LogP contribution is 2.24. The molecule has 1 atom stereocenters. The molecule has 1 fully saturated rings. The van der Waals surface area contributed by atoms with Crippen LogP contribution in [0.25, 0.3) is 5.82 Å². The summed E-state index contributed by atoms with van der Waals surface area (Å²) >= 11 is 1.90. The number of thioether (sulfide) groups is 1. The molecule has 0 saturated carbocycles. The maximum Gasteiger partial charge on any atom is 0.159 e. The second kappa shape index (κ2) is 6.47. The zero-order valence-electron chi connectivity index (χ0n) is 14.1. The SMILES string of the molecule is Cc1cnn(-c2cccc(N3CCN(C4=NCC(C)S4)CC3)n2)c1. The van der Waals surface area contributed by atoms with Crippen molar-refractivity contribution in [3.05, 3.63) is 36.2 Å². The van der Waals surface area contributed by atoms with E-state index >= 15 is 0 Å². The van der Waals surface area contributed by atoms with Crippen molar-refractivity contribution in [3.8, 4) is 5.82 Å². The Morgan fingerprint density at radius 2 is 1.83 bits per heavy atom. The number of hydrogen-bond acceptors (Lipinski definition) is 6. The lowest BCUT2D eigenvalue weighted by Crippen LogP contribution is -2.48. The Bertz CT molecular complexity index is 747. The summed E-state index contributed by atoms with van der Waals surface area (Å²) in [6.45, 7) is 9.19. The molecule has 0 bridgehead atoms. The van der Waals surface area contributed by atoms with Gasteiger partial charge in [0, 0.05) is 37.6 Å². The Balaban J connectivity index is 1.44. The Labute approximate surface area is 146 Å². The third-order valence-corrected chi connectivity index (χ3v) is 5.48. The number of aromatic nitrogens is 3. The number of anilines is 1. The molecule has 7 heteroatoms. The van der Waals surface area contributed by atoms with Crippen molar-refractivity contribution in [3.63, 3.8) is 0 Å². The molecular weight excluding hydrogens is 320 g/mol. The van der Waals surface area contributed by atoms with E-state index in [4.69, 9.17) is 4.98 Å². The molecule has 4 rings (SSSR count). The lowest BCUT2D eigenvalue weighted by molar-refractivity contribution is 0.391. The van der Waals surface area contributed by atoms with Crippen LogP contribution in [0.4, 0.5) is 5.82 Å². The predicted octanol–water partition coefficient (Wildman–Crippen LogP) is 2.19. The van der Waals surface area contributed by atoms with Gasteiger partial charge in [-0.05, 0) is 24.6 Å². The van der Waals surface area contributed by atoms with E-state index in [-0.39, 0.29) is 0 Å². The van der Waals surface area contributed by atoms with Gasteiger partial charge in [-0.25, -0.2) is 9.67 Å². The first kappa shape index (κ1) is 15.5. The Morgan fingerprint density at radius 3 is 2.50 bits per heavy atom. The molecule has 2 aromatic rings. The summed E-state index contributed by atoms with van der Waals surface area (Å²) in [6.07, 6.45) is 3.86. The summed E-state index contributed by atoms with van der Waals surface area (Å²) in [5.41, 5.74) is 1.14. The van der Waals surface area contributed by atoms with E-state index in [1.54, 1.807) is 0 Å². The topological polar surface area (TPSA) is 49.6 Å². The molecule has 0 aromatic carbocycles. The molecule has 2 aliphatic rings. The zero-order chi connectivity index (χ0) is 16.5. The molecule has 0 spiro atoms. The quantitative estimate of drug-likeness (QED) is 0.837. The van der Waals surface area contributed by atoms with Gasteiger partial charge in [0.25, 0.3) is 0 Å². The molecule has 1 unspecified atom stereocenters. The molecule has 0 radical (unpaired) electrons. The number of piperazine rings is 1. The highest BCUT2D eigenvalue weighted by Gasteiger charge is 2.25. The summed E-state index contributed by atoms with van der Waals surface area (Å²) in [4.78, 5) is 14.2. The molecular formula is C17H22N6S. The average molecular weight is 342 g/mol. The second-order valence-electron chi connectivity index (χ2n) is 6.34. The highest BCUT2D eigenvalue weighted by atomic mass is 32.2. The van der Waals surface area contributed by atoms with Gasteiger partial charge in [-0.2, -0.15) is 5.10 Å². The van der Waals surface area contributed by atoms with E-state index < -0.39 is 0 Å². The average Bonchev–Trinajstić information content (AvgIpc) is 3.24. The van der Waals surface area contributed by atoms with Crippen LogP contribution in [0.15, 0.2) is 35.6 Å². The van der Waals surface area contributed by atoms with Gasteiger partial charge in [-0.3, -0.25) is 4.99 Å². The monoisotopic (exact) mass is 342 g/mol. The fraction of sp³-hybridized carbons (Fsp3) is 0.471. The standard InChI is InChI=1S/C17H22N6S/c1-13-10-19-23(12-13)16-5-3-4-15(20-16)21-6-8-22(9-7-21)17-18-11-14(2)24-17/h3-5,10,12,14H,6-9,11H2,1-2H3. The highest BCUT2D eigenvalue weighted by molar-refractivity contribution is 8.14. The van der Waals surface area contributed by atoms with E-state index in [0.29, 0.717) is 5.25 Å². The van der Waals surface area contributed by atoms with Crippen molar-refractivity contribution in [2.24, 2.45) is 4.99 Å². The van der Waals surface area contributed by atoms with Crippen LogP contribution in [0.1, 0.15) is 12.5 Å². The zero-order valence-corrected chi connectivity index (χ0v) is 14.9. The van der Waals surface area contributed by atoms with Crippen molar-refractivity contribution in [2.75, 3.05) is 37.6 Å². The molecule has 126 valence electrons. The Morgan fingerprint density at radius 1 is 1.08 bits per heavy atom. The number of rotatable bonds is 2. The van der Waals surface area contributed by atoms with Crippen LogP contribution in [0.2, 0.25) is 0 Å². The van der Waals surface area contributed by atoms with Crippen LogP contribution in [0.3, 0.4) is 0 Å². The van der Waals surface area contributed by atoms with Crippen molar-refractivity contribution >= 4 is 22.7 Å². The molecule has 6 nitrogen and oxygen atoms in total. The molecule has 2 aliphatic heterocycles. The van der Waals surface area contributed by atoms with E-state index in [1.165, 1.54) is 5.17 Å². The number of aliphatic imine (C=N–C) groups is 1. The first-order chi connectivity index (χ1) is 11.7. The van der Waals surface area contributed by atoms with Gasteiger partial charge in [-0.1, -0.05) is 24.8 Å². The van der Waals surface area contributed by atoms with Gasteiger partial charge in [0.15, 0.2) is 11.0 Å². The lowest BCUT2D eigenvalue weighted by atomic mass is 10.3. The van der Waals surface area contributed by atoms with Gasteiger partial charge in [0.1, 0.15) is 5.82 Å². The summed E-state index contributed by atoms with van der Waals surface area (Å²) in [6, 6.07) is 6.14. The van der Waals surface area contributed by atoms with Gasteiger partial charge in [0.05, 0.1) is 12.7 Å². The normalized spacial score (nSPS) is 21.2. The minimum atomic E-state index is 0.619.